The normalized spacial score (nSPS) is 13.2. The van der Waals surface area contributed by atoms with E-state index in [1.54, 1.807) is 0 Å². The highest BCUT2D eigenvalue weighted by molar-refractivity contribution is 7.95. The van der Waals surface area contributed by atoms with Gasteiger partial charge in [-0.25, -0.2) is 0 Å². The summed E-state index contributed by atoms with van der Waals surface area (Å²) in [5.74, 6) is 2.15. The summed E-state index contributed by atoms with van der Waals surface area (Å²) in [5.41, 5.74) is 3.56. The predicted octanol–water partition coefficient (Wildman–Crippen LogP) is 5.54. The number of Topliss-reactive ketones (excluding diaryl/α,β-unsaturated/α-hetero) is 1. The first kappa shape index (κ1) is 20.7. The van der Waals surface area contributed by atoms with Crippen molar-refractivity contribution in [1.29, 1.82) is 0 Å². The second kappa shape index (κ2) is 9.15. The molecule has 0 atom stereocenters. The van der Waals surface area contributed by atoms with Crippen molar-refractivity contribution in [3.8, 4) is 0 Å². The number of benzene rings is 4. The van der Waals surface area contributed by atoms with Gasteiger partial charge in [-0.1, -0.05) is 103 Å². The molecule has 0 aliphatic heterocycles. The second-order valence-electron chi connectivity index (χ2n) is 8.41. The molecule has 0 radical (unpaired) electrons. The summed E-state index contributed by atoms with van der Waals surface area (Å²) in [6.45, 7) is -2.28. The number of rotatable bonds is 5. The van der Waals surface area contributed by atoms with Gasteiger partial charge < -0.3 is 0 Å². The maximum absolute atomic E-state index is 13.8. The average molecular weight is 435 g/mol. The fourth-order valence-electron chi connectivity index (χ4n) is 4.80. The molecule has 0 bridgehead atoms. The Bertz CT molecular complexity index is 1170. The number of hydrogen-bond acceptors (Lipinski definition) is 1. The molecule has 0 amide bonds. The topological polar surface area (TPSA) is 17.1 Å². The number of carbonyl (C=O) groups is 1. The first-order chi connectivity index (χ1) is 15.8. The summed E-state index contributed by atoms with van der Waals surface area (Å²) >= 11 is 0. The molecule has 0 N–H and O–H groups in total. The molecule has 2 heteroatoms. The summed E-state index contributed by atoms with van der Waals surface area (Å²) in [4.78, 5) is 13.8. The molecule has 4 aromatic carbocycles. The average Bonchev–Trinajstić information content (AvgIpc) is 2.88. The van der Waals surface area contributed by atoms with E-state index in [2.05, 4.69) is 84.9 Å². The van der Waals surface area contributed by atoms with Gasteiger partial charge in [0.15, 0.2) is 5.78 Å². The van der Waals surface area contributed by atoms with Gasteiger partial charge in [-0.2, -0.15) is 0 Å². The van der Waals surface area contributed by atoms with E-state index in [4.69, 9.17) is 0 Å². The van der Waals surface area contributed by atoms with Crippen LogP contribution in [0.2, 0.25) is 0 Å². The summed E-state index contributed by atoms with van der Waals surface area (Å²) in [5, 5.41) is 3.59. The highest BCUT2D eigenvalue weighted by Crippen LogP contribution is 2.43. The Labute approximate surface area is 190 Å². The van der Waals surface area contributed by atoms with E-state index in [-0.39, 0.29) is 5.78 Å². The molecule has 0 heterocycles. The van der Waals surface area contributed by atoms with Gasteiger partial charge in [0.2, 0.25) is 0 Å². The van der Waals surface area contributed by atoms with E-state index in [1.165, 1.54) is 39.9 Å². The molecule has 32 heavy (non-hydrogen) atoms. The Kier molecular flexibility index (Phi) is 5.93. The zero-order valence-corrected chi connectivity index (χ0v) is 19.0. The van der Waals surface area contributed by atoms with Crippen molar-refractivity contribution in [2.24, 2.45) is 0 Å². The van der Waals surface area contributed by atoms with Crippen LogP contribution in [0, 0.1) is 0 Å². The Morgan fingerprint density at radius 1 is 0.594 bits per heavy atom. The van der Waals surface area contributed by atoms with Gasteiger partial charge in [-0.3, -0.25) is 4.79 Å². The van der Waals surface area contributed by atoms with Crippen LogP contribution in [0.15, 0.2) is 109 Å². The molecule has 0 unspecified atom stereocenters. The SMILES string of the molecule is O=C(C=P(c1ccccc1)(c1ccccc1)c1ccccc1)c1ccc2c(c1)CCCC2. The van der Waals surface area contributed by atoms with Gasteiger partial charge in [0, 0.05) is 5.56 Å². The van der Waals surface area contributed by atoms with E-state index >= 15 is 0 Å². The smallest absolute Gasteiger partial charge is 0.186 e. The van der Waals surface area contributed by atoms with Gasteiger partial charge in [0.25, 0.3) is 0 Å². The van der Waals surface area contributed by atoms with Crippen LogP contribution in [-0.2, 0) is 12.8 Å². The fourth-order valence-corrected chi connectivity index (χ4v) is 8.57. The number of ketones is 1. The van der Waals surface area contributed by atoms with Crippen LogP contribution < -0.4 is 15.9 Å². The lowest BCUT2D eigenvalue weighted by Gasteiger charge is -2.28. The molecule has 0 saturated carbocycles. The van der Waals surface area contributed by atoms with Gasteiger partial charge in [-0.05, 0) is 71.5 Å². The summed E-state index contributed by atoms with van der Waals surface area (Å²) in [6, 6.07) is 37.9. The first-order valence-corrected chi connectivity index (χ1v) is 13.2. The maximum Gasteiger partial charge on any atom is 0.186 e. The Balaban J connectivity index is 1.76. The van der Waals surface area contributed by atoms with Gasteiger partial charge >= 0.3 is 0 Å². The molecule has 5 rings (SSSR count). The molecule has 158 valence electrons. The lowest BCUT2D eigenvalue weighted by atomic mass is 9.90. The van der Waals surface area contributed by atoms with Crippen LogP contribution in [0.4, 0.5) is 0 Å². The van der Waals surface area contributed by atoms with E-state index in [9.17, 15) is 4.79 Å². The molecule has 0 spiro atoms. The molecule has 1 aliphatic carbocycles. The third-order valence-electron chi connectivity index (χ3n) is 6.43. The van der Waals surface area contributed by atoms with Crippen molar-refractivity contribution in [3.05, 3.63) is 126 Å². The van der Waals surface area contributed by atoms with E-state index < -0.39 is 6.89 Å². The van der Waals surface area contributed by atoms with Crippen LogP contribution in [0.5, 0.6) is 0 Å². The number of aryl methyl sites for hydroxylation is 2. The zero-order valence-electron chi connectivity index (χ0n) is 18.2. The molecule has 0 saturated heterocycles. The number of hydrogen-bond donors (Lipinski definition) is 0. The standard InChI is InChI=1S/C30H27OP/c31-30(26-21-20-24-12-10-11-13-25(24)22-26)23-32(27-14-4-1-5-15-27,28-16-6-2-7-17-28)29-18-8-3-9-19-29/h1-9,14-23H,10-13H2. The van der Waals surface area contributed by atoms with Gasteiger partial charge in [0.05, 0.1) is 0 Å². The summed E-state index contributed by atoms with van der Waals surface area (Å²) in [7, 11) is 0. The minimum Gasteiger partial charge on any atom is -0.289 e. The van der Waals surface area contributed by atoms with E-state index in [0.29, 0.717) is 0 Å². The number of carbonyl (C=O) groups excluding carboxylic acids is 1. The third kappa shape index (κ3) is 3.90. The number of fused-ring (bicyclic) bond motifs is 1. The van der Waals surface area contributed by atoms with E-state index in [1.807, 2.05) is 30.1 Å². The Hall–Kier alpha value is -3.15. The molecule has 4 aromatic rings. The third-order valence-corrected chi connectivity index (χ3v) is 10.4. The van der Waals surface area contributed by atoms with Crippen LogP contribution in [0.25, 0.3) is 0 Å². The molecule has 1 aliphatic rings. The van der Waals surface area contributed by atoms with Crippen molar-refractivity contribution in [2.45, 2.75) is 25.7 Å². The Morgan fingerprint density at radius 2 is 1.06 bits per heavy atom. The zero-order chi connectivity index (χ0) is 21.8. The minimum atomic E-state index is -2.28. The molecular weight excluding hydrogens is 407 g/mol. The molecule has 0 aromatic heterocycles. The van der Waals surface area contributed by atoms with Crippen molar-refractivity contribution in [2.75, 3.05) is 0 Å². The maximum atomic E-state index is 13.8. The van der Waals surface area contributed by atoms with Crippen molar-refractivity contribution in [1.82, 2.24) is 0 Å². The lowest BCUT2D eigenvalue weighted by Crippen LogP contribution is -2.28. The molecule has 1 nitrogen and oxygen atoms in total. The largest absolute Gasteiger partial charge is 0.289 e. The van der Waals surface area contributed by atoms with Gasteiger partial charge in [-0.15, -0.1) is 0 Å². The fraction of sp³-hybridized carbons (Fsp3) is 0.133. The first-order valence-electron chi connectivity index (χ1n) is 11.3. The van der Waals surface area contributed by atoms with Crippen molar-refractivity contribution in [3.63, 3.8) is 0 Å². The predicted molar refractivity (Wildman–Crippen MR) is 139 cm³/mol. The van der Waals surface area contributed by atoms with Crippen LogP contribution in [0.1, 0.15) is 34.3 Å². The van der Waals surface area contributed by atoms with Crippen LogP contribution in [-0.4, -0.2) is 11.6 Å². The van der Waals surface area contributed by atoms with Crippen molar-refractivity contribution >= 4 is 34.4 Å². The second-order valence-corrected chi connectivity index (χ2v) is 11.7. The highest BCUT2D eigenvalue weighted by Gasteiger charge is 2.26. The summed E-state index contributed by atoms with van der Waals surface area (Å²) in [6.07, 6.45) is 4.66. The van der Waals surface area contributed by atoms with Crippen LogP contribution >= 0.6 is 6.89 Å². The monoisotopic (exact) mass is 434 g/mol. The summed E-state index contributed by atoms with van der Waals surface area (Å²) < 4.78 is 0. The van der Waals surface area contributed by atoms with Crippen molar-refractivity contribution < 1.29 is 4.79 Å². The highest BCUT2D eigenvalue weighted by atomic mass is 31.2. The lowest BCUT2D eigenvalue weighted by molar-refractivity contribution is 0.107. The van der Waals surface area contributed by atoms with Crippen LogP contribution in [0.3, 0.4) is 0 Å². The Morgan fingerprint density at radius 3 is 1.56 bits per heavy atom. The molecular formula is C30H27OP. The quantitative estimate of drug-likeness (QED) is 0.298. The minimum absolute atomic E-state index is 0.114. The molecule has 0 fully saturated rings. The van der Waals surface area contributed by atoms with Gasteiger partial charge in [0.1, 0.15) is 0 Å². The van der Waals surface area contributed by atoms with E-state index in [0.717, 1.165) is 18.4 Å².